The van der Waals surface area contributed by atoms with Crippen LogP contribution in [0.5, 0.6) is 0 Å². The first-order valence-electron chi connectivity index (χ1n) is 6.35. The molecule has 1 amide bonds. The van der Waals surface area contributed by atoms with Gasteiger partial charge in [0.1, 0.15) is 5.82 Å². The Kier molecular flexibility index (Phi) is 3.03. The van der Waals surface area contributed by atoms with Gasteiger partial charge in [-0.25, -0.2) is 4.39 Å². The van der Waals surface area contributed by atoms with E-state index in [-0.39, 0.29) is 11.7 Å². The van der Waals surface area contributed by atoms with Crippen LogP contribution < -0.4 is 0 Å². The molecule has 1 heterocycles. The van der Waals surface area contributed by atoms with Crippen molar-refractivity contribution in [1.29, 1.82) is 0 Å². The highest BCUT2D eigenvalue weighted by molar-refractivity contribution is 5.96. The van der Waals surface area contributed by atoms with E-state index in [1.807, 2.05) is 29.2 Å². The fourth-order valence-corrected chi connectivity index (χ4v) is 2.44. The molecule has 0 aromatic heterocycles. The molecule has 3 rings (SSSR count). The number of halogens is 1. The predicted octanol–water partition coefficient (Wildman–Crippen LogP) is 3.02. The number of hydrogen-bond donors (Lipinski definition) is 0. The predicted molar refractivity (Wildman–Crippen MR) is 71.3 cm³/mol. The van der Waals surface area contributed by atoms with E-state index < -0.39 is 0 Å². The van der Waals surface area contributed by atoms with Crippen molar-refractivity contribution < 1.29 is 9.18 Å². The summed E-state index contributed by atoms with van der Waals surface area (Å²) in [6, 6.07) is 14.0. The average molecular weight is 255 g/mol. The summed E-state index contributed by atoms with van der Waals surface area (Å²) in [6.45, 7) is 1.25. The molecular weight excluding hydrogens is 241 g/mol. The van der Waals surface area contributed by atoms with Crippen molar-refractivity contribution in [3.63, 3.8) is 0 Å². The van der Waals surface area contributed by atoms with Crippen LogP contribution in [-0.2, 0) is 13.0 Å². The van der Waals surface area contributed by atoms with Crippen molar-refractivity contribution in [2.24, 2.45) is 0 Å². The van der Waals surface area contributed by atoms with Crippen LogP contribution in [0, 0.1) is 5.82 Å². The van der Waals surface area contributed by atoms with Crippen LogP contribution >= 0.6 is 0 Å². The van der Waals surface area contributed by atoms with Gasteiger partial charge in [0.25, 0.3) is 5.91 Å². The molecule has 2 aromatic rings. The Hall–Kier alpha value is -2.16. The summed E-state index contributed by atoms with van der Waals surface area (Å²) < 4.78 is 12.9. The number of rotatable bonds is 2. The Morgan fingerprint density at radius 2 is 1.79 bits per heavy atom. The topological polar surface area (TPSA) is 20.3 Å². The molecule has 0 atom stereocenters. The van der Waals surface area contributed by atoms with E-state index in [1.165, 1.54) is 12.1 Å². The maximum Gasteiger partial charge on any atom is 0.254 e. The van der Waals surface area contributed by atoms with Gasteiger partial charge in [0.05, 0.1) is 0 Å². The quantitative estimate of drug-likeness (QED) is 0.807. The van der Waals surface area contributed by atoms with Crippen molar-refractivity contribution in [1.82, 2.24) is 4.90 Å². The van der Waals surface area contributed by atoms with E-state index in [9.17, 15) is 9.18 Å². The zero-order valence-corrected chi connectivity index (χ0v) is 10.5. The molecule has 3 heteroatoms. The highest BCUT2D eigenvalue weighted by atomic mass is 19.1. The first-order valence-corrected chi connectivity index (χ1v) is 6.35. The molecule has 1 aliphatic rings. The van der Waals surface area contributed by atoms with Crippen LogP contribution in [0.25, 0.3) is 0 Å². The second-order valence-electron chi connectivity index (χ2n) is 4.76. The lowest BCUT2D eigenvalue weighted by molar-refractivity contribution is 0.0727. The van der Waals surface area contributed by atoms with Crippen molar-refractivity contribution >= 4 is 5.91 Å². The Bertz CT molecular complexity index is 606. The number of benzene rings is 2. The minimum atomic E-state index is -0.251. The van der Waals surface area contributed by atoms with Crippen molar-refractivity contribution in [2.45, 2.75) is 13.0 Å². The summed E-state index contributed by atoms with van der Waals surface area (Å²) in [4.78, 5) is 14.2. The maximum atomic E-state index is 12.9. The monoisotopic (exact) mass is 255 g/mol. The fourth-order valence-electron chi connectivity index (χ4n) is 2.44. The van der Waals surface area contributed by atoms with E-state index in [1.54, 1.807) is 12.1 Å². The molecule has 96 valence electrons. The summed E-state index contributed by atoms with van der Waals surface area (Å²) in [6.07, 6.45) is 0.878. The Morgan fingerprint density at radius 3 is 2.58 bits per heavy atom. The van der Waals surface area contributed by atoms with Gasteiger partial charge < -0.3 is 4.90 Å². The van der Waals surface area contributed by atoms with Crippen LogP contribution in [-0.4, -0.2) is 17.4 Å². The molecular formula is C16H14FNO. The molecule has 1 aliphatic heterocycles. The Labute approximate surface area is 111 Å². The van der Waals surface area contributed by atoms with Crippen LogP contribution in [0.3, 0.4) is 0 Å². The van der Waals surface area contributed by atoms with Crippen LogP contribution in [0.1, 0.15) is 21.5 Å². The lowest BCUT2D eigenvalue weighted by atomic mass is 9.99. The van der Waals surface area contributed by atoms with Gasteiger partial charge in [-0.05, 0) is 35.7 Å². The van der Waals surface area contributed by atoms with Gasteiger partial charge in [0.15, 0.2) is 0 Å². The third kappa shape index (κ3) is 2.36. The molecule has 2 aromatic carbocycles. The van der Waals surface area contributed by atoms with Gasteiger partial charge in [-0.15, -0.1) is 0 Å². The SMILES string of the molecule is O=C1c2ccccc2CCN1Cc1ccc(F)cc1. The van der Waals surface area contributed by atoms with Crippen LogP contribution in [0.4, 0.5) is 4.39 Å². The minimum Gasteiger partial charge on any atom is -0.334 e. The second kappa shape index (κ2) is 4.84. The number of carbonyl (C=O) groups is 1. The largest absolute Gasteiger partial charge is 0.334 e. The summed E-state index contributed by atoms with van der Waals surface area (Å²) in [5.74, 6) is -0.190. The maximum absolute atomic E-state index is 12.9. The molecule has 0 spiro atoms. The molecule has 0 aliphatic carbocycles. The van der Waals surface area contributed by atoms with Gasteiger partial charge in [0.2, 0.25) is 0 Å². The number of fused-ring (bicyclic) bond motifs is 1. The van der Waals surface area contributed by atoms with E-state index in [2.05, 4.69) is 0 Å². The van der Waals surface area contributed by atoms with E-state index >= 15 is 0 Å². The smallest absolute Gasteiger partial charge is 0.254 e. The lowest BCUT2D eigenvalue weighted by Crippen LogP contribution is -2.36. The van der Waals surface area contributed by atoms with E-state index in [4.69, 9.17) is 0 Å². The van der Waals surface area contributed by atoms with Crippen molar-refractivity contribution in [3.8, 4) is 0 Å². The molecule has 0 N–H and O–H groups in total. The second-order valence-corrected chi connectivity index (χ2v) is 4.76. The molecule has 19 heavy (non-hydrogen) atoms. The third-order valence-electron chi connectivity index (χ3n) is 3.47. The van der Waals surface area contributed by atoms with Crippen LogP contribution in [0.15, 0.2) is 48.5 Å². The zero-order chi connectivity index (χ0) is 13.2. The average Bonchev–Trinajstić information content (AvgIpc) is 2.45. The number of amides is 1. The van der Waals surface area contributed by atoms with Crippen molar-refractivity contribution in [2.75, 3.05) is 6.54 Å². The molecule has 0 radical (unpaired) electrons. The molecule has 2 nitrogen and oxygen atoms in total. The highest BCUT2D eigenvalue weighted by Crippen LogP contribution is 2.20. The Balaban J connectivity index is 1.81. The molecule has 0 unspecified atom stereocenters. The summed E-state index contributed by atoms with van der Waals surface area (Å²) >= 11 is 0. The Morgan fingerprint density at radius 1 is 1.05 bits per heavy atom. The van der Waals surface area contributed by atoms with Crippen molar-refractivity contribution in [3.05, 3.63) is 71.0 Å². The van der Waals surface area contributed by atoms with Gasteiger partial charge >= 0.3 is 0 Å². The number of hydrogen-bond acceptors (Lipinski definition) is 1. The summed E-state index contributed by atoms with van der Waals surface area (Å²) in [5.41, 5.74) is 2.85. The first-order chi connectivity index (χ1) is 9.24. The first kappa shape index (κ1) is 11.9. The molecule has 0 saturated heterocycles. The normalized spacial score (nSPS) is 14.4. The van der Waals surface area contributed by atoms with Crippen LogP contribution in [0.2, 0.25) is 0 Å². The van der Waals surface area contributed by atoms with Gasteiger partial charge in [-0.2, -0.15) is 0 Å². The van der Waals surface area contributed by atoms with E-state index in [0.717, 1.165) is 23.1 Å². The standard InChI is InChI=1S/C16H14FNO/c17-14-7-5-12(6-8-14)11-18-10-9-13-3-1-2-4-15(13)16(18)19/h1-8H,9-11H2. The van der Waals surface area contributed by atoms with Gasteiger partial charge in [-0.1, -0.05) is 30.3 Å². The lowest BCUT2D eigenvalue weighted by Gasteiger charge is -2.28. The molecule has 0 fully saturated rings. The fraction of sp³-hybridized carbons (Fsp3) is 0.188. The summed E-state index contributed by atoms with van der Waals surface area (Å²) in [5, 5.41) is 0. The number of nitrogens with zero attached hydrogens (tertiary/aromatic N) is 1. The molecule has 0 saturated carbocycles. The number of carbonyl (C=O) groups excluding carboxylic acids is 1. The third-order valence-corrected chi connectivity index (χ3v) is 3.47. The summed E-state index contributed by atoms with van der Waals surface area (Å²) in [7, 11) is 0. The van der Waals surface area contributed by atoms with Gasteiger partial charge in [-0.3, -0.25) is 4.79 Å². The molecule has 0 bridgehead atoms. The van der Waals surface area contributed by atoms with Gasteiger partial charge in [0, 0.05) is 18.7 Å². The van der Waals surface area contributed by atoms with E-state index in [0.29, 0.717) is 13.1 Å². The zero-order valence-electron chi connectivity index (χ0n) is 10.5. The minimum absolute atomic E-state index is 0.0613. The highest BCUT2D eigenvalue weighted by Gasteiger charge is 2.23.